The van der Waals surface area contributed by atoms with Crippen LogP contribution in [0.5, 0.6) is 0 Å². The summed E-state index contributed by atoms with van der Waals surface area (Å²) in [5, 5.41) is 2.26. The molecule has 2 aromatic rings. The average molecular weight is 374 g/mol. The van der Waals surface area contributed by atoms with Crippen LogP contribution in [-0.2, 0) is 16.0 Å². The van der Waals surface area contributed by atoms with Crippen LogP contribution in [0.1, 0.15) is 19.4 Å². The zero-order valence-electron chi connectivity index (χ0n) is 14.9. The standard InChI is InChI=1S/C19H20F2N4O2/c1-10(2)15(22)19(27)25-14(9-11-5-4-8-23-17(11)25)18(26)24-16-12(20)6-3-7-13(16)21/h3-8,10,14-15H,9,22H2,1-2H3,(H,24,26)/t14-,15-/m0/s1. The smallest absolute Gasteiger partial charge is 0.248 e. The number of para-hydroxylation sites is 1. The van der Waals surface area contributed by atoms with Crippen molar-refractivity contribution in [3.8, 4) is 0 Å². The van der Waals surface area contributed by atoms with Crippen LogP contribution in [0, 0.1) is 17.6 Å². The molecule has 3 N–H and O–H groups in total. The van der Waals surface area contributed by atoms with Crippen molar-refractivity contribution >= 4 is 23.3 Å². The van der Waals surface area contributed by atoms with Gasteiger partial charge in [0.05, 0.1) is 6.04 Å². The third-order valence-electron chi connectivity index (χ3n) is 4.58. The van der Waals surface area contributed by atoms with Gasteiger partial charge in [-0.15, -0.1) is 0 Å². The first-order valence-corrected chi connectivity index (χ1v) is 8.58. The molecule has 0 bridgehead atoms. The Kier molecular flexibility index (Phi) is 5.18. The molecule has 1 aromatic carbocycles. The number of nitrogens with zero attached hydrogens (tertiary/aromatic N) is 2. The Hall–Kier alpha value is -2.87. The van der Waals surface area contributed by atoms with E-state index in [9.17, 15) is 18.4 Å². The van der Waals surface area contributed by atoms with Gasteiger partial charge in [0.25, 0.3) is 0 Å². The summed E-state index contributed by atoms with van der Waals surface area (Å²) < 4.78 is 27.8. The molecule has 1 aliphatic rings. The van der Waals surface area contributed by atoms with Crippen molar-refractivity contribution in [2.24, 2.45) is 11.7 Å². The molecule has 2 amide bonds. The van der Waals surface area contributed by atoms with Gasteiger partial charge in [-0.25, -0.2) is 13.8 Å². The van der Waals surface area contributed by atoms with E-state index in [1.54, 1.807) is 26.0 Å². The van der Waals surface area contributed by atoms with Crippen LogP contribution in [0.2, 0.25) is 0 Å². The third-order valence-corrected chi connectivity index (χ3v) is 4.58. The maximum absolute atomic E-state index is 13.9. The van der Waals surface area contributed by atoms with Crippen molar-refractivity contribution in [3.05, 3.63) is 53.7 Å². The Labute approximate surface area is 155 Å². The summed E-state index contributed by atoms with van der Waals surface area (Å²) in [6, 6.07) is 4.90. The fourth-order valence-corrected chi connectivity index (χ4v) is 2.99. The SMILES string of the molecule is CC(C)[C@H](N)C(=O)N1c2ncccc2C[C@H]1C(=O)Nc1c(F)cccc1F. The van der Waals surface area contributed by atoms with Crippen LogP contribution in [0.4, 0.5) is 20.3 Å². The summed E-state index contributed by atoms with van der Waals surface area (Å²) in [6.07, 6.45) is 1.69. The monoisotopic (exact) mass is 374 g/mol. The topological polar surface area (TPSA) is 88.3 Å². The molecule has 3 rings (SSSR count). The van der Waals surface area contributed by atoms with E-state index in [0.29, 0.717) is 11.4 Å². The van der Waals surface area contributed by atoms with Gasteiger partial charge < -0.3 is 11.1 Å². The van der Waals surface area contributed by atoms with Gasteiger partial charge in [-0.3, -0.25) is 14.5 Å². The number of amides is 2. The Morgan fingerprint density at radius 3 is 2.52 bits per heavy atom. The summed E-state index contributed by atoms with van der Waals surface area (Å²) in [4.78, 5) is 31.1. The maximum atomic E-state index is 13.9. The number of carbonyl (C=O) groups is 2. The van der Waals surface area contributed by atoms with Gasteiger partial charge in [-0.1, -0.05) is 26.0 Å². The lowest BCUT2D eigenvalue weighted by Gasteiger charge is -2.28. The summed E-state index contributed by atoms with van der Waals surface area (Å²) in [6.45, 7) is 3.59. The Bertz CT molecular complexity index is 868. The number of halogens is 2. The molecule has 0 saturated heterocycles. The van der Waals surface area contributed by atoms with Crippen molar-refractivity contribution < 1.29 is 18.4 Å². The second kappa shape index (κ2) is 7.40. The van der Waals surface area contributed by atoms with Crippen molar-refractivity contribution in [3.63, 3.8) is 0 Å². The second-order valence-corrected chi connectivity index (χ2v) is 6.77. The summed E-state index contributed by atoms with van der Waals surface area (Å²) in [7, 11) is 0. The average Bonchev–Trinajstić information content (AvgIpc) is 3.03. The minimum atomic E-state index is -0.994. The summed E-state index contributed by atoms with van der Waals surface area (Å²) in [5.74, 6) is -2.77. The zero-order chi connectivity index (χ0) is 19.7. The van der Waals surface area contributed by atoms with Crippen molar-refractivity contribution in [1.82, 2.24) is 4.98 Å². The van der Waals surface area contributed by atoms with Crippen LogP contribution in [0.15, 0.2) is 36.5 Å². The molecular weight excluding hydrogens is 354 g/mol. The lowest BCUT2D eigenvalue weighted by atomic mass is 10.0. The number of anilines is 2. The molecule has 0 saturated carbocycles. The lowest BCUT2D eigenvalue weighted by molar-refractivity contribution is -0.124. The molecule has 27 heavy (non-hydrogen) atoms. The Morgan fingerprint density at radius 2 is 1.89 bits per heavy atom. The van der Waals surface area contributed by atoms with Crippen LogP contribution in [0.3, 0.4) is 0 Å². The molecule has 8 heteroatoms. The number of fused-ring (bicyclic) bond motifs is 1. The van der Waals surface area contributed by atoms with Crippen LogP contribution >= 0.6 is 0 Å². The van der Waals surface area contributed by atoms with Gasteiger partial charge in [0.15, 0.2) is 0 Å². The molecule has 2 heterocycles. The van der Waals surface area contributed by atoms with Crippen LogP contribution in [0.25, 0.3) is 0 Å². The molecule has 0 fully saturated rings. The lowest BCUT2D eigenvalue weighted by Crippen LogP contribution is -2.53. The molecular formula is C19H20F2N4O2. The van der Waals surface area contributed by atoms with Gasteiger partial charge >= 0.3 is 0 Å². The number of nitrogens with two attached hydrogens (primary N) is 1. The first kappa shape index (κ1) is 18.9. The Balaban J connectivity index is 1.93. The molecule has 6 nitrogen and oxygen atoms in total. The van der Waals surface area contributed by atoms with E-state index >= 15 is 0 Å². The molecule has 0 radical (unpaired) electrons. The zero-order valence-corrected chi connectivity index (χ0v) is 14.9. The first-order chi connectivity index (χ1) is 12.8. The molecule has 1 aliphatic heterocycles. The number of hydrogen-bond acceptors (Lipinski definition) is 4. The van der Waals surface area contributed by atoms with E-state index in [1.807, 2.05) is 0 Å². The van der Waals surface area contributed by atoms with Gasteiger partial charge in [0, 0.05) is 12.6 Å². The number of hydrogen-bond donors (Lipinski definition) is 2. The van der Waals surface area contributed by atoms with Gasteiger partial charge in [-0.05, 0) is 29.7 Å². The largest absolute Gasteiger partial charge is 0.320 e. The van der Waals surface area contributed by atoms with E-state index in [0.717, 1.165) is 12.1 Å². The minimum Gasteiger partial charge on any atom is -0.320 e. The first-order valence-electron chi connectivity index (χ1n) is 8.58. The van der Waals surface area contributed by atoms with Crippen LogP contribution < -0.4 is 16.0 Å². The van der Waals surface area contributed by atoms with Crippen LogP contribution in [-0.4, -0.2) is 28.9 Å². The number of pyridine rings is 1. The summed E-state index contributed by atoms with van der Waals surface area (Å²) in [5.41, 5.74) is 6.13. The fraction of sp³-hybridized carbons (Fsp3) is 0.316. The molecule has 142 valence electrons. The fourth-order valence-electron chi connectivity index (χ4n) is 2.99. The van der Waals surface area contributed by atoms with Crippen molar-refractivity contribution in [2.45, 2.75) is 32.4 Å². The predicted molar refractivity (Wildman–Crippen MR) is 97.0 cm³/mol. The molecule has 0 unspecified atom stereocenters. The highest BCUT2D eigenvalue weighted by atomic mass is 19.1. The predicted octanol–water partition coefficient (Wildman–Crippen LogP) is 2.24. The number of rotatable bonds is 4. The van der Waals surface area contributed by atoms with Gasteiger partial charge in [-0.2, -0.15) is 0 Å². The summed E-state index contributed by atoms with van der Waals surface area (Å²) >= 11 is 0. The van der Waals surface area contributed by atoms with E-state index < -0.39 is 41.2 Å². The third kappa shape index (κ3) is 3.52. The number of benzene rings is 1. The maximum Gasteiger partial charge on any atom is 0.248 e. The molecule has 0 aliphatic carbocycles. The van der Waals surface area contributed by atoms with Gasteiger partial charge in [0.1, 0.15) is 29.2 Å². The number of nitrogens with one attached hydrogen (secondary N) is 1. The van der Waals surface area contributed by atoms with E-state index in [1.165, 1.54) is 17.2 Å². The molecule has 2 atom stereocenters. The Morgan fingerprint density at radius 1 is 1.22 bits per heavy atom. The normalized spacial score (nSPS) is 17.0. The highest BCUT2D eigenvalue weighted by Gasteiger charge is 2.41. The molecule has 1 aromatic heterocycles. The second-order valence-electron chi connectivity index (χ2n) is 6.77. The quantitative estimate of drug-likeness (QED) is 0.859. The highest BCUT2D eigenvalue weighted by Crippen LogP contribution is 2.32. The van der Waals surface area contributed by atoms with E-state index in [2.05, 4.69) is 10.3 Å². The molecule has 0 spiro atoms. The minimum absolute atomic E-state index is 0.155. The van der Waals surface area contributed by atoms with Gasteiger partial charge in [0.2, 0.25) is 11.8 Å². The highest BCUT2D eigenvalue weighted by molar-refractivity contribution is 6.08. The van der Waals surface area contributed by atoms with Crippen molar-refractivity contribution in [2.75, 3.05) is 10.2 Å². The van der Waals surface area contributed by atoms with E-state index in [4.69, 9.17) is 5.73 Å². The van der Waals surface area contributed by atoms with Crippen molar-refractivity contribution in [1.29, 1.82) is 0 Å². The number of carbonyl (C=O) groups excluding carboxylic acids is 2. The number of aromatic nitrogens is 1. The van der Waals surface area contributed by atoms with E-state index in [-0.39, 0.29) is 12.3 Å².